The Labute approximate surface area is 197 Å². The predicted octanol–water partition coefficient (Wildman–Crippen LogP) is 5.24. The van der Waals surface area contributed by atoms with E-state index in [-0.39, 0.29) is 16.4 Å². The summed E-state index contributed by atoms with van der Waals surface area (Å²) in [6.07, 6.45) is 1.43. The fourth-order valence-electron chi connectivity index (χ4n) is 3.60. The molecule has 0 saturated carbocycles. The number of Topliss-reactive ketones (excluding diaryl/α,β-unsaturated/α-hetero) is 1. The molecule has 8 heteroatoms. The van der Waals surface area contributed by atoms with Crippen molar-refractivity contribution in [3.8, 4) is 5.75 Å². The van der Waals surface area contributed by atoms with Gasteiger partial charge >= 0.3 is 0 Å². The quantitative estimate of drug-likeness (QED) is 0.231. The van der Waals surface area contributed by atoms with Crippen molar-refractivity contribution < 1.29 is 24.2 Å². The average Bonchev–Trinajstić information content (AvgIpc) is 3.04. The second-order valence-electron chi connectivity index (χ2n) is 7.39. The van der Waals surface area contributed by atoms with Crippen molar-refractivity contribution in [1.82, 2.24) is 4.90 Å². The monoisotopic (exact) mass is 477 g/mol. The smallest absolute Gasteiger partial charge is 0.295 e. The van der Waals surface area contributed by atoms with E-state index in [4.69, 9.17) is 32.7 Å². The summed E-state index contributed by atoms with van der Waals surface area (Å²) in [7, 11) is 1.57. The van der Waals surface area contributed by atoms with Gasteiger partial charge in [-0.05, 0) is 48.7 Å². The van der Waals surface area contributed by atoms with E-state index < -0.39 is 17.7 Å². The molecule has 32 heavy (non-hydrogen) atoms. The zero-order chi connectivity index (χ0) is 23.3. The van der Waals surface area contributed by atoms with Gasteiger partial charge in [-0.25, -0.2) is 0 Å². The number of likely N-dealkylation sites (tertiary alicyclic amines) is 1. The second-order valence-corrected chi connectivity index (χ2v) is 8.20. The van der Waals surface area contributed by atoms with Crippen LogP contribution in [-0.2, 0) is 14.3 Å². The van der Waals surface area contributed by atoms with Crippen LogP contribution in [0, 0.1) is 0 Å². The van der Waals surface area contributed by atoms with Crippen LogP contribution in [0.2, 0.25) is 10.0 Å². The fraction of sp³-hybridized carbons (Fsp3) is 0.333. The summed E-state index contributed by atoms with van der Waals surface area (Å²) in [6, 6.07) is 11.0. The summed E-state index contributed by atoms with van der Waals surface area (Å²) in [5.41, 5.74) is 1.00. The van der Waals surface area contributed by atoms with Crippen LogP contribution in [0.1, 0.15) is 36.9 Å². The van der Waals surface area contributed by atoms with Crippen LogP contribution in [0.25, 0.3) is 5.76 Å². The van der Waals surface area contributed by atoms with E-state index >= 15 is 0 Å². The number of aliphatic hydroxyl groups is 1. The molecule has 1 unspecified atom stereocenters. The van der Waals surface area contributed by atoms with Crippen molar-refractivity contribution >= 4 is 40.7 Å². The lowest BCUT2D eigenvalue weighted by Crippen LogP contribution is -2.31. The van der Waals surface area contributed by atoms with Gasteiger partial charge in [0.25, 0.3) is 11.7 Å². The third-order valence-electron chi connectivity index (χ3n) is 5.15. The highest BCUT2D eigenvalue weighted by Crippen LogP contribution is 2.40. The molecule has 1 amide bonds. The molecule has 1 N–H and O–H groups in total. The number of hydrogen-bond donors (Lipinski definition) is 1. The van der Waals surface area contributed by atoms with Crippen LogP contribution >= 0.6 is 23.2 Å². The molecule has 1 aliphatic heterocycles. The van der Waals surface area contributed by atoms with Crippen LogP contribution in [-0.4, -0.2) is 48.6 Å². The van der Waals surface area contributed by atoms with E-state index in [1.807, 2.05) is 6.92 Å². The summed E-state index contributed by atoms with van der Waals surface area (Å²) in [5.74, 6) is -1.02. The van der Waals surface area contributed by atoms with Crippen molar-refractivity contribution in [3.63, 3.8) is 0 Å². The maximum Gasteiger partial charge on any atom is 0.295 e. The molecule has 3 rings (SSSR count). The van der Waals surface area contributed by atoms with Gasteiger partial charge in [-0.1, -0.05) is 42.3 Å². The Kier molecular flexibility index (Phi) is 8.18. The third kappa shape index (κ3) is 5.09. The van der Waals surface area contributed by atoms with Gasteiger partial charge in [0.1, 0.15) is 11.5 Å². The van der Waals surface area contributed by atoms with Crippen LogP contribution in [0.15, 0.2) is 48.0 Å². The van der Waals surface area contributed by atoms with Crippen LogP contribution in [0.3, 0.4) is 0 Å². The van der Waals surface area contributed by atoms with Gasteiger partial charge in [-0.2, -0.15) is 0 Å². The lowest BCUT2D eigenvalue weighted by molar-refractivity contribution is -0.140. The minimum absolute atomic E-state index is 0.00744. The molecule has 0 bridgehead atoms. The fourth-order valence-corrected chi connectivity index (χ4v) is 3.90. The van der Waals surface area contributed by atoms with Crippen molar-refractivity contribution in [2.24, 2.45) is 0 Å². The third-order valence-corrected chi connectivity index (χ3v) is 5.89. The Morgan fingerprint density at radius 2 is 1.78 bits per heavy atom. The molecule has 0 spiro atoms. The average molecular weight is 478 g/mol. The minimum atomic E-state index is -0.749. The molecule has 0 radical (unpaired) electrons. The normalized spacial score (nSPS) is 17.8. The summed E-state index contributed by atoms with van der Waals surface area (Å²) in [5, 5.41) is 11.6. The summed E-state index contributed by atoms with van der Waals surface area (Å²) in [4.78, 5) is 27.3. The van der Waals surface area contributed by atoms with Crippen molar-refractivity contribution in [2.75, 3.05) is 26.9 Å². The number of benzene rings is 2. The number of ketones is 1. The molecular weight excluding hydrogens is 453 g/mol. The van der Waals surface area contributed by atoms with Gasteiger partial charge in [0, 0.05) is 25.8 Å². The van der Waals surface area contributed by atoms with Crippen LogP contribution in [0.4, 0.5) is 0 Å². The number of methoxy groups -OCH3 is 1. The van der Waals surface area contributed by atoms with Crippen molar-refractivity contribution in [3.05, 3.63) is 69.2 Å². The Hall–Kier alpha value is -2.54. The lowest BCUT2D eigenvalue weighted by atomic mass is 9.95. The zero-order valence-electron chi connectivity index (χ0n) is 17.9. The van der Waals surface area contributed by atoms with E-state index in [1.54, 1.807) is 37.4 Å². The topological polar surface area (TPSA) is 76.1 Å². The highest BCUT2D eigenvalue weighted by molar-refractivity contribution is 6.46. The van der Waals surface area contributed by atoms with Crippen LogP contribution < -0.4 is 4.74 Å². The zero-order valence-corrected chi connectivity index (χ0v) is 19.4. The Morgan fingerprint density at radius 1 is 1.06 bits per heavy atom. The van der Waals surface area contributed by atoms with Gasteiger partial charge in [0.2, 0.25) is 0 Å². The van der Waals surface area contributed by atoms with E-state index in [0.29, 0.717) is 48.1 Å². The van der Waals surface area contributed by atoms with Crippen molar-refractivity contribution in [2.45, 2.75) is 25.8 Å². The van der Waals surface area contributed by atoms with E-state index in [1.165, 1.54) is 17.0 Å². The predicted molar refractivity (Wildman–Crippen MR) is 124 cm³/mol. The number of carbonyl (C=O) groups is 2. The first kappa shape index (κ1) is 24.1. The second kappa shape index (κ2) is 10.9. The van der Waals surface area contributed by atoms with Gasteiger partial charge in [0.15, 0.2) is 0 Å². The van der Waals surface area contributed by atoms with Gasteiger partial charge in [0.05, 0.1) is 28.3 Å². The summed E-state index contributed by atoms with van der Waals surface area (Å²) < 4.78 is 10.7. The maximum atomic E-state index is 13.0. The number of rotatable bonds is 9. The molecule has 1 fully saturated rings. The van der Waals surface area contributed by atoms with Gasteiger partial charge in [-0.3, -0.25) is 9.59 Å². The Morgan fingerprint density at radius 3 is 2.41 bits per heavy atom. The highest BCUT2D eigenvalue weighted by atomic mass is 35.5. The number of amides is 1. The number of hydrogen-bond acceptors (Lipinski definition) is 5. The first-order chi connectivity index (χ1) is 15.4. The molecular formula is C24H25Cl2NO5. The lowest BCUT2D eigenvalue weighted by Gasteiger charge is -2.25. The SMILES string of the molecule is CCCOc1ccc(C2/C(=C(/O)c3ccc(Cl)c(Cl)c3)C(=O)C(=O)N2CCCOC)cc1. The number of ether oxygens (including phenoxy) is 2. The number of nitrogens with zero attached hydrogens (tertiary/aromatic N) is 1. The molecule has 1 aliphatic rings. The molecule has 2 aromatic rings. The number of carbonyl (C=O) groups excluding carboxylic acids is 2. The molecule has 2 aromatic carbocycles. The summed E-state index contributed by atoms with van der Waals surface area (Å²) in [6.45, 7) is 3.35. The number of aliphatic hydroxyl groups excluding tert-OH is 1. The first-order valence-electron chi connectivity index (χ1n) is 10.3. The molecule has 0 aliphatic carbocycles. The largest absolute Gasteiger partial charge is 0.507 e. The molecule has 6 nitrogen and oxygen atoms in total. The molecule has 0 aromatic heterocycles. The highest BCUT2D eigenvalue weighted by Gasteiger charge is 2.45. The molecule has 1 saturated heterocycles. The summed E-state index contributed by atoms with van der Waals surface area (Å²) >= 11 is 12.1. The van der Waals surface area contributed by atoms with Gasteiger partial charge < -0.3 is 19.5 Å². The van der Waals surface area contributed by atoms with Gasteiger partial charge in [-0.15, -0.1) is 0 Å². The number of halogens is 2. The molecule has 170 valence electrons. The van der Waals surface area contributed by atoms with E-state index in [9.17, 15) is 14.7 Å². The minimum Gasteiger partial charge on any atom is -0.507 e. The van der Waals surface area contributed by atoms with Crippen LogP contribution in [0.5, 0.6) is 5.75 Å². The Bertz CT molecular complexity index is 1020. The van der Waals surface area contributed by atoms with Crippen molar-refractivity contribution in [1.29, 1.82) is 0 Å². The molecule has 1 heterocycles. The van der Waals surface area contributed by atoms with E-state index in [2.05, 4.69) is 0 Å². The first-order valence-corrected chi connectivity index (χ1v) is 11.1. The Balaban J connectivity index is 2.07. The maximum absolute atomic E-state index is 13.0. The standard InChI is InChI=1S/C24H25Cl2NO5/c1-3-12-32-17-8-5-15(6-9-17)21-20(22(28)16-7-10-18(25)19(26)14-16)23(29)24(30)27(21)11-4-13-31-2/h5-10,14,21,28H,3-4,11-13H2,1-2H3/b22-20-. The molecule has 1 atom stereocenters. The van der Waals surface area contributed by atoms with E-state index in [0.717, 1.165) is 6.42 Å².